The number of hydrogen-bond donors (Lipinski definition) is 2. The minimum atomic E-state index is -0.362. The fourth-order valence-electron chi connectivity index (χ4n) is 2.53. The highest BCUT2D eigenvalue weighted by Gasteiger charge is 2.27. The first kappa shape index (κ1) is 12.3. The van der Waals surface area contributed by atoms with Gasteiger partial charge in [-0.05, 0) is 29.8 Å². The van der Waals surface area contributed by atoms with E-state index in [1.54, 1.807) is 12.1 Å². The molecule has 2 aromatic rings. The molecule has 2 aliphatic heterocycles. The number of nitrogens with one attached hydrogen (secondary N) is 2. The van der Waals surface area contributed by atoms with Crippen molar-refractivity contribution in [2.24, 2.45) is 0 Å². The lowest BCUT2D eigenvalue weighted by Gasteiger charge is -2.28. The molecule has 106 valence electrons. The van der Waals surface area contributed by atoms with Crippen LogP contribution in [0, 0.1) is 0 Å². The summed E-state index contributed by atoms with van der Waals surface area (Å²) in [7, 11) is 0. The van der Waals surface area contributed by atoms with Crippen molar-refractivity contribution in [1.29, 1.82) is 0 Å². The zero-order chi connectivity index (χ0) is 14.4. The Bertz CT molecular complexity index is 748. The normalized spacial score (nSPS) is 18.7. The Labute approximate surface area is 125 Å². The van der Waals surface area contributed by atoms with Gasteiger partial charge in [0, 0.05) is 5.69 Å². The van der Waals surface area contributed by atoms with Crippen LogP contribution in [0.1, 0.15) is 22.1 Å². The molecule has 0 spiro atoms. The maximum Gasteiger partial charge on any atom is 0.255 e. The molecule has 0 saturated carbocycles. The molecule has 4 rings (SSSR count). The third-order valence-corrected chi connectivity index (χ3v) is 3.81. The summed E-state index contributed by atoms with van der Waals surface area (Å²) >= 11 is 6.19. The lowest BCUT2D eigenvalue weighted by molar-refractivity contribution is 0.0935. The summed E-state index contributed by atoms with van der Waals surface area (Å²) in [5.41, 5.74) is 2.23. The quantitative estimate of drug-likeness (QED) is 0.850. The van der Waals surface area contributed by atoms with Crippen molar-refractivity contribution in [2.75, 3.05) is 12.1 Å². The van der Waals surface area contributed by atoms with Crippen LogP contribution in [-0.4, -0.2) is 12.7 Å². The third-order valence-electron chi connectivity index (χ3n) is 3.53. The van der Waals surface area contributed by atoms with E-state index in [9.17, 15) is 4.79 Å². The topological polar surface area (TPSA) is 59.6 Å². The van der Waals surface area contributed by atoms with Gasteiger partial charge in [-0.25, -0.2) is 0 Å². The van der Waals surface area contributed by atoms with Gasteiger partial charge in [0.2, 0.25) is 6.79 Å². The largest absolute Gasteiger partial charge is 0.454 e. The first-order chi connectivity index (χ1) is 10.2. The molecule has 6 heteroatoms. The van der Waals surface area contributed by atoms with Crippen molar-refractivity contribution in [1.82, 2.24) is 5.32 Å². The summed E-state index contributed by atoms with van der Waals surface area (Å²) in [5, 5.41) is 6.64. The van der Waals surface area contributed by atoms with E-state index in [4.69, 9.17) is 21.1 Å². The Morgan fingerprint density at radius 3 is 2.90 bits per heavy atom. The van der Waals surface area contributed by atoms with E-state index in [0.29, 0.717) is 22.1 Å². The van der Waals surface area contributed by atoms with Gasteiger partial charge in [0.05, 0.1) is 10.6 Å². The van der Waals surface area contributed by atoms with Gasteiger partial charge in [-0.2, -0.15) is 0 Å². The number of para-hydroxylation sites is 1. The molecule has 2 heterocycles. The number of ether oxygens (including phenoxy) is 2. The second-order valence-electron chi connectivity index (χ2n) is 4.83. The number of amides is 1. The molecule has 1 amide bonds. The van der Waals surface area contributed by atoms with Crippen LogP contribution in [0.25, 0.3) is 0 Å². The van der Waals surface area contributed by atoms with Crippen molar-refractivity contribution in [3.05, 3.63) is 52.5 Å². The van der Waals surface area contributed by atoms with E-state index in [-0.39, 0.29) is 18.9 Å². The van der Waals surface area contributed by atoms with Crippen LogP contribution in [0.5, 0.6) is 11.5 Å². The minimum absolute atomic E-state index is 0.122. The fourth-order valence-corrected chi connectivity index (χ4v) is 2.80. The van der Waals surface area contributed by atoms with Gasteiger partial charge in [-0.15, -0.1) is 0 Å². The van der Waals surface area contributed by atoms with Crippen LogP contribution in [0.2, 0.25) is 5.02 Å². The number of benzene rings is 2. The molecule has 0 saturated heterocycles. The van der Waals surface area contributed by atoms with Gasteiger partial charge in [0.25, 0.3) is 5.91 Å². The molecular formula is C15H11ClN2O3. The van der Waals surface area contributed by atoms with Crippen LogP contribution in [0.4, 0.5) is 5.69 Å². The second-order valence-corrected chi connectivity index (χ2v) is 5.24. The van der Waals surface area contributed by atoms with E-state index in [0.717, 1.165) is 11.3 Å². The molecule has 1 atom stereocenters. The standard InChI is InChI=1S/C15H11ClN2O3/c16-10-5-8(6-12-13(10)21-7-20-12)14-17-11-4-2-1-3-9(11)15(19)18-14/h1-6,14,17H,7H2,(H,18,19). The van der Waals surface area contributed by atoms with E-state index in [1.807, 2.05) is 24.3 Å². The molecule has 0 aromatic heterocycles. The monoisotopic (exact) mass is 302 g/mol. The first-order valence-electron chi connectivity index (χ1n) is 6.48. The van der Waals surface area contributed by atoms with Gasteiger partial charge < -0.3 is 20.1 Å². The van der Waals surface area contributed by atoms with Crippen LogP contribution in [0.15, 0.2) is 36.4 Å². The summed E-state index contributed by atoms with van der Waals surface area (Å²) in [6, 6.07) is 10.9. The van der Waals surface area contributed by atoms with Gasteiger partial charge in [-0.1, -0.05) is 23.7 Å². The first-order valence-corrected chi connectivity index (χ1v) is 6.85. The molecule has 5 nitrogen and oxygen atoms in total. The Morgan fingerprint density at radius 2 is 2.00 bits per heavy atom. The van der Waals surface area contributed by atoms with E-state index < -0.39 is 0 Å². The zero-order valence-electron chi connectivity index (χ0n) is 10.9. The number of rotatable bonds is 1. The summed E-state index contributed by atoms with van der Waals surface area (Å²) in [5.74, 6) is 1.01. The van der Waals surface area contributed by atoms with Crippen LogP contribution in [0.3, 0.4) is 0 Å². The zero-order valence-corrected chi connectivity index (χ0v) is 11.6. The molecule has 0 fully saturated rings. The maximum atomic E-state index is 12.1. The molecular weight excluding hydrogens is 292 g/mol. The molecule has 2 aromatic carbocycles. The van der Waals surface area contributed by atoms with Crippen LogP contribution >= 0.6 is 11.6 Å². The van der Waals surface area contributed by atoms with Gasteiger partial charge >= 0.3 is 0 Å². The van der Waals surface area contributed by atoms with Gasteiger partial charge in [-0.3, -0.25) is 4.79 Å². The van der Waals surface area contributed by atoms with Crippen molar-refractivity contribution >= 4 is 23.2 Å². The number of carbonyl (C=O) groups excluding carboxylic acids is 1. The summed E-state index contributed by atoms with van der Waals surface area (Å²) in [6.07, 6.45) is -0.362. The molecule has 21 heavy (non-hydrogen) atoms. The van der Waals surface area contributed by atoms with Crippen molar-refractivity contribution in [2.45, 2.75) is 6.17 Å². The van der Waals surface area contributed by atoms with Crippen molar-refractivity contribution < 1.29 is 14.3 Å². The van der Waals surface area contributed by atoms with E-state index >= 15 is 0 Å². The van der Waals surface area contributed by atoms with Crippen molar-refractivity contribution in [3.63, 3.8) is 0 Å². The van der Waals surface area contributed by atoms with Crippen LogP contribution < -0.4 is 20.1 Å². The smallest absolute Gasteiger partial charge is 0.255 e. The maximum absolute atomic E-state index is 12.1. The molecule has 1 unspecified atom stereocenters. The van der Waals surface area contributed by atoms with Gasteiger partial charge in [0.15, 0.2) is 11.5 Å². The number of hydrogen-bond acceptors (Lipinski definition) is 4. The van der Waals surface area contributed by atoms with Crippen LogP contribution in [-0.2, 0) is 0 Å². The summed E-state index contributed by atoms with van der Waals surface area (Å²) in [4.78, 5) is 12.1. The van der Waals surface area contributed by atoms with Crippen molar-refractivity contribution in [3.8, 4) is 11.5 Å². The number of halogens is 1. The second kappa shape index (κ2) is 4.56. The molecule has 0 radical (unpaired) electrons. The SMILES string of the molecule is O=C1NC(c2cc(Cl)c3c(c2)OCO3)Nc2ccccc21. The number of fused-ring (bicyclic) bond motifs is 2. The summed E-state index contributed by atoms with van der Waals surface area (Å²) in [6.45, 7) is 0.159. The molecule has 2 aliphatic rings. The highest BCUT2D eigenvalue weighted by atomic mass is 35.5. The molecule has 0 bridgehead atoms. The minimum Gasteiger partial charge on any atom is -0.454 e. The molecule has 0 aliphatic carbocycles. The van der Waals surface area contributed by atoms with Gasteiger partial charge in [0.1, 0.15) is 6.17 Å². The predicted molar refractivity (Wildman–Crippen MR) is 77.8 cm³/mol. The highest BCUT2D eigenvalue weighted by Crippen LogP contribution is 2.41. The third kappa shape index (κ3) is 1.97. The Balaban J connectivity index is 1.73. The highest BCUT2D eigenvalue weighted by molar-refractivity contribution is 6.32. The fraction of sp³-hybridized carbons (Fsp3) is 0.133. The number of carbonyl (C=O) groups is 1. The Hall–Kier alpha value is -2.40. The average molecular weight is 303 g/mol. The summed E-state index contributed by atoms with van der Waals surface area (Å²) < 4.78 is 10.6. The lowest BCUT2D eigenvalue weighted by atomic mass is 10.1. The average Bonchev–Trinajstić information content (AvgIpc) is 2.96. The molecule has 2 N–H and O–H groups in total. The Morgan fingerprint density at radius 1 is 1.14 bits per heavy atom. The lowest BCUT2D eigenvalue weighted by Crippen LogP contribution is -2.38. The number of anilines is 1. The van der Waals surface area contributed by atoms with E-state index in [2.05, 4.69) is 10.6 Å². The van der Waals surface area contributed by atoms with E-state index in [1.165, 1.54) is 0 Å². The Kier molecular flexibility index (Phi) is 2.68. The predicted octanol–water partition coefficient (Wildman–Crippen LogP) is 2.92.